The van der Waals surface area contributed by atoms with Crippen LogP contribution >= 0.6 is 0 Å². The summed E-state index contributed by atoms with van der Waals surface area (Å²) < 4.78 is 2.61. The lowest BCUT2D eigenvalue weighted by Gasteiger charge is -2.42. The maximum absolute atomic E-state index is 2.61. The molecule has 2 aliphatic heterocycles. The molecule has 9 aromatic rings. The van der Waals surface area contributed by atoms with Gasteiger partial charge in [0.1, 0.15) is 0 Å². The van der Waals surface area contributed by atoms with Crippen LogP contribution in [0.5, 0.6) is 0 Å². The van der Waals surface area contributed by atoms with Gasteiger partial charge in [0.2, 0.25) is 0 Å². The molecule has 0 fully saturated rings. The van der Waals surface area contributed by atoms with Crippen molar-refractivity contribution < 1.29 is 0 Å². The first-order chi connectivity index (χ1) is 25.3. The van der Waals surface area contributed by atoms with Gasteiger partial charge in [0, 0.05) is 38.4 Å². The number of hydrogen-bond acceptors (Lipinski definition) is 1. The highest BCUT2D eigenvalue weighted by Gasteiger charge is 2.43. The smallest absolute Gasteiger partial charge is 0.0583 e. The topological polar surface area (TPSA) is 8.17 Å². The number of para-hydroxylation sites is 2. The van der Waals surface area contributed by atoms with Crippen molar-refractivity contribution in [1.82, 2.24) is 4.57 Å². The van der Waals surface area contributed by atoms with E-state index in [-0.39, 0.29) is 10.8 Å². The number of fused-ring (bicyclic) bond motifs is 3. The molecule has 2 nitrogen and oxygen atoms in total. The Morgan fingerprint density at radius 2 is 1.00 bits per heavy atom. The van der Waals surface area contributed by atoms with Gasteiger partial charge in [-0.2, -0.15) is 0 Å². The van der Waals surface area contributed by atoms with E-state index in [4.69, 9.17) is 0 Å². The molecule has 0 atom stereocenters. The monoisotopic (exact) mass is 666 g/mol. The number of nitrogens with zero attached hydrogens (tertiary/aromatic N) is 2. The Morgan fingerprint density at radius 3 is 1.81 bits per heavy atom. The normalized spacial score (nSPS) is 14.8. The molecule has 2 heteroatoms. The zero-order valence-electron chi connectivity index (χ0n) is 29.9. The number of anilines is 3. The summed E-state index contributed by atoms with van der Waals surface area (Å²) in [6.45, 7) is 9.64. The summed E-state index contributed by atoms with van der Waals surface area (Å²) in [5.41, 5.74) is 15.3. The predicted molar refractivity (Wildman–Crippen MR) is 220 cm³/mol. The van der Waals surface area contributed by atoms with E-state index >= 15 is 0 Å². The Kier molecular flexibility index (Phi) is 5.83. The first kappa shape index (κ1) is 29.6. The van der Waals surface area contributed by atoms with Gasteiger partial charge in [-0.05, 0) is 85.9 Å². The van der Waals surface area contributed by atoms with E-state index < -0.39 is 0 Å². The molecule has 0 amide bonds. The predicted octanol–water partition coefficient (Wildman–Crippen LogP) is 13.5. The van der Waals surface area contributed by atoms with Crippen LogP contribution in [0.1, 0.15) is 49.9 Å². The van der Waals surface area contributed by atoms with Crippen LogP contribution < -0.4 is 4.90 Å². The highest BCUT2D eigenvalue weighted by Crippen LogP contribution is 2.56. The Bertz CT molecular complexity index is 2950. The van der Waals surface area contributed by atoms with Crippen molar-refractivity contribution in [2.75, 3.05) is 4.90 Å². The molecule has 3 heterocycles. The van der Waals surface area contributed by atoms with Gasteiger partial charge in [0.25, 0.3) is 0 Å². The van der Waals surface area contributed by atoms with Gasteiger partial charge in [0.05, 0.1) is 22.4 Å². The molecule has 0 saturated heterocycles. The van der Waals surface area contributed by atoms with Crippen LogP contribution in [0.2, 0.25) is 0 Å². The molecular weight excluding hydrogens is 629 g/mol. The maximum atomic E-state index is 2.61. The number of benzene rings is 8. The molecule has 0 spiro atoms. The van der Waals surface area contributed by atoms with E-state index in [0.29, 0.717) is 0 Å². The molecular formula is C50H38N2. The summed E-state index contributed by atoms with van der Waals surface area (Å²) in [6, 6.07) is 58.9. The van der Waals surface area contributed by atoms with E-state index in [1.54, 1.807) is 0 Å². The van der Waals surface area contributed by atoms with E-state index in [1.807, 2.05) is 0 Å². The van der Waals surface area contributed by atoms with Crippen LogP contribution in [0.25, 0.3) is 60.2 Å². The van der Waals surface area contributed by atoms with E-state index in [2.05, 4.69) is 195 Å². The van der Waals surface area contributed by atoms with Crippen LogP contribution in [0.15, 0.2) is 158 Å². The maximum Gasteiger partial charge on any atom is 0.0583 e. The van der Waals surface area contributed by atoms with Crippen molar-refractivity contribution in [3.63, 3.8) is 0 Å². The molecule has 248 valence electrons. The van der Waals surface area contributed by atoms with Crippen LogP contribution in [0.3, 0.4) is 0 Å². The third-order valence-corrected chi connectivity index (χ3v) is 12.3. The first-order valence-corrected chi connectivity index (χ1v) is 18.4. The molecule has 8 aromatic carbocycles. The molecule has 0 radical (unpaired) electrons. The Hall–Kier alpha value is -6.12. The highest BCUT2D eigenvalue weighted by molar-refractivity contribution is 6.15. The SMILES string of the molecule is CC1(C)c2cccc3c2-n2c4c1cccc4c1cc(N(c4ccc(-c5ccc6ccccc6c5)cc4)c4cccc5ccccc45)cc(c12)C3(C)C. The molecule has 52 heavy (non-hydrogen) atoms. The van der Waals surface area contributed by atoms with Crippen molar-refractivity contribution in [2.45, 2.75) is 38.5 Å². The zero-order valence-corrected chi connectivity index (χ0v) is 29.9. The minimum absolute atomic E-state index is 0.104. The fourth-order valence-electron chi connectivity index (χ4n) is 9.60. The van der Waals surface area contributed by atoms with Crippen LogP contribution in [0, 0.1) is 0 Å². The van der Waals surface area contributed by atoms with Crippen molar-refractivity contribution in [2.24, 2.45) is 0 Å². The van der Waals surface area contributed by atoms with E-state index in [1.165, 1.54) is 93.8 Å². The molecule has 0 saturated carbocycles. The minimum Gasteiger partial charge on any atom is -0.310 e. The number of hydrogen-bond donors (Lipinski definition) is 0. The summed E-state index contributed by atoms with van der Waals surface area (Å²) in [4.78, 5) is 2.49. The average Bonchev–Trinajstić information content (AvgIpc) is 3.51. The lowest BCUT2D eigenvalue weighted by atomic mass is 9.68. The quantitative estimate of drug-likeness (QED) is 0.181. The second kappa shape index (κ2) is 10.2. The lowest BCUT2D eigenvalue weighted by Crippen LogP contribution is -2.33. The van der Waals surface area contributed by atoms with Crippen molar-refractivity contribution in [3.05, 3.63) is 180 Å². The summed E-state index contributed by atoms with van der Waals surface area (Å²) in [5.74, 6) is 0. The Labute approximate surface area is 304 Å². The lowest BCUT2D eigenvalue weighted by molar-refractivity contribution is 0.593. The zero-order chi connectivity index (χ0) is 34.9. The van der Waals surface area contributed by atoms with Crippen molar-refractivity contribution >= 4 is 60.4 Å². The van der Waals surface area contributed by atoms with Gasteiger partial charge in [0.15, 0.2) is 0 Å². The summed E-state index contributed by atoms with van der Waals surface area (Å²) in [6.07, 6.45) is 0. The van der Waals surface area contributed by atoms with Crippen LogP contribution in [0.4, 0.5) is 17.1 Å². The third-order valence-electron chi connectivity index (χ3n) is 12.3. The number of aromatic nitrogens is 1. The van der Waals surface area contributed by atoms with E-state index in [9.17, 15) is 0 Å². The van der Waals surface area contributed by atoms with Gasteiger partial charge in [-0.25, -0.2) is 0 Å². The minimum atomic E-state index is -0.206. The molecule has 11 rings (SSSR count). The van der Waals surface area contributed by atoms with Gasteiger partial charge in [-0.1, -0.05) is 149 Å². The fourth-order valence-corrected chi connectivity index (χ4v) is 9.60. The summed E-state index contributed by atoms with van der Waals surface area (Å²) in [5, 5.41) is 7.63. The third kappa shape index (κ3) is 3.84. The molecule has 0 unspecified atom stereocenters. The number of rotatable bonds is 4. The molecule has 0 aliphatic carbocycles. The molecule has 1 aromatic heterocycles. The van der Waals surface area contributed by atoms with Crippen molar-refractivity contribution in [3.8, 4) is 16.8 Å². The second-order valence-electron chi connectivity index (χ2n) is 15.8. The molecule has 0 bridgehead atoms. The van der Waals surface area contributed by atoms with Gasteiger partial charge < -0.3 is 9.47 Å². The van der Waals surface area contributed by atoms with Gasteiger partial charge in [-0.15, -0.1) is 0 Å². The van der Waals surface area contributed by atoms with Crippen LogP contribution in [-0.2, 0) is 10.8 Å². The second-order valence-corrected chi connectivity index (χ2v) is 15.8. The van der Waals surface area contributed by atoms with E-state index in [0.717, 1.165) is 5.69 Å². The van der Waals surface area contributed by atoms with Gasteiger partial charge >= 0.3 is 0 Å². The molecule has 2 aliphatic rings. The standard InChI is InChI=1S/C50H38N2/c1-49(2)41-18-10-17-39-40-29-37(30-44-47(40)52(46(39)41)48-42(49)19-11-20-43(48)50(44,3)4)51(45-21-9-15-33-13-7-8-16-38(33)45)36-26-24-32(25-27-36)35-23-22-31-12-5-6-14-34(31)28-35/h5-30H,1-4H3. The fraction of sp³-hybridized carbons (Fsp3) is 0.120. The largest absolute Gasteiger partial charge is 0.310 e. The molecule has 0 N–H and O–H groups in total. The summed E-state index contributed by atoms with van der Waals surface area (Å²) >= 11 is 0. The van der Waals surface area contributed by atoms with Crippen LogP contribution in [-0.4, -0.2) is 4.57 Å². The van der Waals surface area contributed by atoms with Crippen molar-refractivity contribution in [1.29, 1.82) is 0 Å². The first-order valence-electron chi connectivity index (χ1n) is 18.4. The highest BCUT2D eigenvalue weighted by atomic mass is 15.1. The Balaban J connectivity index is 1.19. The average molecular weight is 667 g/mol. The van der Waals surface area contributed by atoms with Gasteiger partial charge in [-0.3, -0.25) is 0 Å². The summed E-state index contributed by atoms with van der Waals surface area (Å²) in [7, 11) is 0. The Morgan fingerprint density at radius 1 is 0.404 bits per heavy atom.